The van der Waals surface area contributed by atoms with E-state index in [1.807, 2.05) is 0 Å². The Morgan fingerprint density at radius 3 is 2.95 bits per heavy atom. The average molecular weight is 287 g/mol. The minimum Gasteiger partial charge on any atom is -0.323 e. The minimum atomic E-state index is -0.608. The Balaban J connectivity index is 1.70. The standard InChI is InChI=1S/C16H18FN3O/c17-12-5-3-7-14(11(12)9-18)20-16(21)15-8-10-4-1-2-6-13(10)19-15/h3,5,7,10,13,15,19H,1-2,4,6,8H2,(H,20,21). The summed E-state index contributed by atoms with van der Waals surface area (Å²) in [6, 6.07) is 6.25. The van der Waals surface area contributed by atoms with Crippen LogP contribution in [0, 0.1) is 23.1 Å². The summed E-state index contributed by atoms with van der Waals surface area (Å²) in [5.74, 6) is -0.215. The normalized spacial score (nSPS) is 27.7. The van der Waals surface area contributed by atoms with Crippen LogP contribution in [0.25, 0.3) is 0 Å². The van der Waals surface area contributed by atoms with Crippen molar-refractivity contribution in [2.24, 2.45) is 5.92 Å². The molecule has 0 radical (unpaired) electrons. The van der Waals surface area contributed by atoms with Crippen LogP contribution in [0.5, 0.6) is 0 Å². The van der Waals surface area contributed by atoms with Gasteiger partial charge in [-0.3, -0.25) is 4.79 Å². The lowest BCUT2D eigenvalue weighted by molar-refractivity contribution is -0.117. The van der Waals surface area contributed by atoms with Crippen molar-refractivity contribution in [3.8, 4) is 6.07 Å². The Labute approximate surface area is 123 Å². The Hall–Kier alpha value is -1.93. The van der Waals surface area contributed by atoms with Gasteiger partial charge in [-0.15, -0.1) is 0 Å². The Morgan fingerprint density at radius 2 is 2.19 bits per heavy atom. The van der Waals surface area contributed by atoms with Gasteiger partial charge in [-0.2, -0.15) is 5.26 Å². The number of hydrogen-bond donors (Lipinski definition) is 2. The van der Waals surface area contributed by atoms with Crippen molar-refractivity contribution >= 4 is 11.6 Å². The third kappa shape index (κ3) is 2.77. The molecule has 1 aromatic rings. The molecule has 1 aliphatic heterocycles. The number of amides is 1. The molecular formula is C16H18FN3O. The number of carbonyl (C=O) groups is 1. The van der Waals surface area contributed by atoms with Crippen molar-refractivity contribution in [3.63, 3.8) is 0 Å². The van der Waals surface area contributed by atoms with E-state index in [2.05, 4.69) is 10.6 Å². The van der Waals surface area contributed by atoms with Gasteiger partial charge in [0.1, 0.15) is 17.4 Å². The van der Waals surface area contributed by atoms with Crippen LogP contribution in [0.15, 0.2) is 18.2 Å². The number of halogens is 1. The van der Waals surface area contributed by atoms with E-state index < -0.39 is 5.82 Å². The molecule has 2 N–H and O–H groups in total. The van der Waals surface area contributed by atoms with Crippen LogP contribution >= 0.6 is 0 Å². The van der Waals surface area contributed by atoms with Crippen LogP contribution in [0.2, 0.25) is 0 Å². The third-order valence-corrected chi connectivity index (χ3v) is 4.56. The molecule has 2 fully saturated rings. The van der Waals surface area contributed by atoms with Crippen molar-refractivity contribution in [1.29, 1.82) is 5.26 Å². The van der Waals surface area contributed by atoms with E-state index in [-0.39, 0.29) is 23.2 Å². The molecule has 1 saturated heterocycles. The molecule has 1 amide bonds. The summed E-state index contributed by atoms with van der Waals surface area (Å²) in [5, 5.41) is 15.1. The molecule has 3 rings (SSSR count). The Bertz CT molecular complexity index is 582. The van der Waals surface area contributed by atoms with Crippen molar-refractivity contribution in [3.05, 3.63) is 29.6 Å². The van der Waals surface area contributed by atoms with E-state index in [0.29, 0.717) is 12.0 Å². The van der Waals surface area contributed by atoms with Gasteiger partial charge < -0.3 is 10.6 Å². The van der Waals surface area contributed by atoms with Gasteiger partial charge in [0.05, 0.1) is 11.7 Å². The monoisotopic (exact) mass is 287 g/mol. The quantitative estimate of drug-likeness (QED) is 0.878. The first-order valence-electron chi connectivity index (χ1n) is 7.44. The molecule has 21 heavy (non-hydrogen) atoms. The highest BCUT2D eigenvalue weighted by Crippen LogP contribution is 2.33. The molecular weight excluding hydrogens is 269 g/mol. The largest absolute Gasteiger partial charge is 0.323 e. The van der Waals surface area contributed by atoms with E-state index in [1.165, 1.54) is 31.4 Å². The summed E-state index contributed by atoms with van der Waals surface area (Å²) in [7, 11) is 0. The van der Waals surface area contributed by atoms with Crippen molar-refractivity contribution in [1.82, 2.24) is 5.32 Å². The Kier molecular flexibility index (Phi) is 3.89. The molecule has 3 unspecified atom stereocenters. The number of nitrogens with one attached hydrogen (secondary N) is 2. The first-order chi connectivity index (χ1) is 10.2. The molecule has 1 aromatic carbocycles. The fourth-order valence-corrected chi connectivity index (χ4v) is 3.48. The number of fused-ring (bicyclic) bond motifs is 1. The number of rotatable bonds is 2. The van der Waals surface area contributed by atoms with Gasteiger partial charge in [-0.1, -0.05) is 18.9 Å². The van der Waals surface area contributed by atoms with Crippen molar-refractivity contribution < 1.29 is 9.18 Å². The third-order valence-electron chi connectivity index (χ3n) is 4.56. The maximum atomic E-state index is 13.5. The summed E-state index contributed by atoms with van der Waals surface area (Å²) >= 11 is 0. The first-order valence-corrected chi connectivity index (χ1v) is 7.44. The second kappa shape index (κ2) is 5.82. The lowest BCUT2D eigenvalue weighted by Gasteiger charge is -2.24. The van der Waals surface area contributed by atoms with E-state index in [0.717, 1.165) is 12.8 Å². The summed E-state index contributed by atoms with van der Waals surface area (Å²) in [4.78, 5) is 12.3. The van der Waals surface area contributed by atoms with Crippen molar-refractivity contribution in [2.75, 3.05) is 5.32 Å². The highest BCUT2D eigenvalue weighted by molar-refractivity contribution is 5.96. The molecule has 0 bridgehead atoms. The molecule has 0 spiro atoms. The molecule has 5 heteroatoms. The smallest absolute Gasteiger partial charge is 0.241 e. The van der Waals surface area contributed by atoms with Gasteiger partial charge in [0, 0.05) is 6.04 Å². The molecule has 0 aromatic heterocycles. The Morgan fingerprint density at radius 1 is 1.38 bits per heavy atom. The molecule has 4 nitrogen and oxygen atoms in total. The highest BCUT2D eigenvalue weighted by atomic mass is 19.1. The zero-order valence-electron chi connectivity index (χ0n) is 11.7. The van der Waals surface area contributed by atoms with Gasteiger partial charge in [0.15, 0.2) is 0 Å². The minimum absolute atomic E-state index is 0.110. The fourth-order valence-electron chi connectivity index (χ4n) is 3.48. The van der Waals surface area contributed by atoms with Gasteiger partial charge in [-0.25, -0.2) is 4.39 Å². The van der Waals surface area contributed by atoms with E-state index in [4.69, 9.17) is 5.26 Å². The van der Waals surface area contributed by atoms with Crippen LogP contribution in [0.4, 0.5) is 10.1 Å². The van der Waals surface area contributed by atoms with Gasteiger partial charge >= 0.3 is 0 Å². The van der Waals surface area contributed by atoms with Crippen LogP contribution in [-0.2, 0) is 4.79 Å². The number of hydrogen-bond acceptors (Lipinski definition) is 3. The number of nitriles is 1. The first kappa shape index (κ1) is 14.0. The number of anilines is 1. The SMILES string of the molecule is N#Cc1c(F)cccc1NC(=O)C1CC2CCCCC2N1. The topological polar surface area (TPSA) is 64.9 Å². The summed E-state index contributed by atoms with van der Waals surface area (Å²) in [5.41, 5.74) is 0.139. The summed E-state index contributed by atoms with van der Waals surface area (Å²) < 4.78 is 13.5. The number of nitrogens with zero attached hydrogens (tertiary/aromatic N) is 1. The highest BCUT2D eigenvalue weighted by Gasteiger charge is 2.38. The molecule has 1 saturated carbocycles. The van der Waals surface area contributed by atoms with Crippen LogP contribution < -0.4 is 10.6 Å². The second-order valence-corrected chi connectivity index (χ2v) is 5.87. The van der Waals surface area contributed by atoms with Crippen LogP contribution in [0.1, 0.15) is 37.7 Å². The molecule has 2 aliphatic rings. The maximum Gasteiger partial charge on any atom is 0.241 e. The molecule has 1 aliphatic carbocycles. The van der Waals surface area contributed by atoms with Crippen molar-refractivity contribution in [2.45, 2.75) is 44.2 Å². The predicted molar refractivity (Wildman–Crippen MR) is 77.0 cm³/mol. The molecule has 1 heterocycles. The fraction of sp³-hybridized carbons (Fsp3) is 0.500. The van der Waals surface area contributed by atoms with E-state index >= 15 is 0 Å². The maximum absolute atomic E-state index is 13.5. The van der Waals surface area contributed by atoms with E-state index in [1.54, 1.807) is 12.1 Å². The predicted octanol–water partition coefficient (Wildman–Crippen LogP) is 2.56. The number of benzene rings is 1. The molecule has 110 valence electrons. The van der Waals surface area contributed by atoms with Gasteiger partial charge in [0.2, 0.25) is 5.91 Å². The molecule has 3 atom stereocenters. The number of carbonyl (C=O) groups excluding carboxylic acids is 1. The van der Waals surface area contributed by atoms with Crippen LogP contribution in [0.3, 0.4) is 0 Å². The zero-order chi connectivity index (χ0) is 14.8. The summed E-state index contributed by atoms with van der Waals surface area (Å²) in [6.07, 6.45) is 5.57. The summed E-state index contributed by atoms with van der Waals surface area (Å²) in [6.45, 7) is 0. The lowest BCUT2D eigenvalue weighted by Crippen LogP contribution is -2.40. The van der Waals surface area contributed by atoms with Gasteiger partial charge in [0.25, 0.3) is 0 Å². The lowest BCUT2D eigenvalue weighted by atomic mass is 9.85. The van der Waals surface area contributed by atoms with E-state index in [9.17, 15) is 9.18 Å². The average Bonchev–Trinajstić information content (AvgIpc) is 2.91. The van der Waals surface area contributed by atoms with Gasteiger partial charge in [-0.05, 0) is 37.3 Å². The van der Waals surface area contributed by atoms with Crippen LogP contribution in [-0.4, -0.2) is 18.0 Å². The second-order valence-electron chi connectivity index (χ2n) is 5.87. The zero-order valence-corrected chi connectivity index (χ0v) is 11.7.